The molecule has 0 aliphatic rings. The van der Waals surface area contributed by atoms with Crippen molar-refractivity contribution >= 4 is 15.9 Å². The summed E-state index contributed by atoms with van der Waals surface area (Å²) in [6.07, 6.45) is 1.87. The van der Waals surface area contributed by atoms with Crippen LogP contribution < -0.4 is 4.74 Å². The molecule has 2 aromatic rings. The van der Waals surface area contributed by atoms with Gasteiger partial charge in [0.25, 0.3) is 0 Å². The summed E-state index contributed by atoms with van der Waals surface area (Å²) >= 11 is 3.31. The fourth-order valence-corrected chi connectivity index (χ4v) is 1.61. The number of imidazole rings is 1. The molecule has 0 radical (unpaired) electrons. The van der Waals surface area contributed by atoms with Gasteiger partial charge in [-0.1, -0.05) is 18.2 Å². The van der Waals surface area contributed by atoms with E-state index in [1.165, 1.54) is 0 Å². The van der Waals surface area contributed by atoms with Gasteiger partial charge in [-0.25, -0.2) is 0 Å². The molecule has 14 heavy (non-hydrogen) atoms. The number of ether oxygens (including phenoxy) is 1. The summed E-state index contributed by atoms with van der Waals surface area (Å²) in [5.41, 5.74) is 1.03. The SMILES string of the molecule is COc1nc(Br)cn1-c1ccccc1. The first-order valence-corrected chi connectivity index (χ1v) is 4.95. The van der Waals surface area contributed by atoms with Gasteiger partial charge in [0.15, 0.2) is 0 Å². The fraction of sp³-hybridized carbons (Fsp3) is 0.100. The molecule has 0 atom stereocenters. The Labute approximate surface area is 90.5 Å². The molecule has 3 nitrogen and oxygen atoms in total. The quantitative estimate of drug-likeness (QED) is 0.822. The van der Waals surface area contributed by atoms with Gasteiger partial charge < -0.3 is 4.74 Å². The zero-order valence-electron chi connectivity index (χ0n) is 7.64. The van der Waals surface area contributed by atoms with Crippen molar-refractivity contribution in [3.05, 3.63) is 41.1 Å². The Morgan fingerprint density at radius 1 is 1.29 bits per heavy atom. The van der Waals surface area contributed by atoms with Crippen molar-refractivity contribution in [1.29, 1.82) is 0 Å². The van der Waals surface area contributed by atoms with Crippen LogP contribution in [-0.4, -0.2) is 16.7 Å². The summed E-state index contributed by atoms with van der Waals surface area (Å²) < 4.78 is 7.78. The Bertz CT molecular complexity index is 425. The van der Waals surface area contributed by atoms with E-state index < -0.39 is 0 Å². The van der Waals surface area contributed by atoms with E-state index in [1.54, 1.807) is 7.11 Å². The highest BCUT2D eigenvalue weighted by Crippen LogP contribution is 2.20. The number of aromatic nitrogens is 2. The lowest BCUT2D eigenvalue weighted by Crippen LogP contribution is -1.96. The number of benzene rings is 1. The standard InChI is InChI=1S/C10H9BrN2O/c1-14-10-12-9(11)7-13(10)8-5-3-2-4-6-8/h2-7H,1H3. The highest BCUT2D eigenvalue weighted by molar-refractivity contribution is 9.10. The molecule has 0 N–H and O–H groups in total. The van der Waals surface area contributed by atoms with Crippen LogP contribution in [0.1, 0.15) is 0 Å². The van der Waals surface area contributed by atoms with Crippen molar-refractivity contribution in [2.75, 3.05) is 7.11 Å². The monoisotopic (exact) mass is 252 g/mol. The van der Waals surface area contributed by atoms with Crippen LogP contribution in [0.15, 0.2) is 41.1 Å². The average molecular weight is 253 g/mol. The molecule has 0 aliphatic heterocycles. The van der Waals surface area contributed by atoms with Gasteiger partial charge in [0.2, 0.25) is 0 Å². The van der Waals surface area contributed by atoms with Crippen molar-refractivity contribution < 1.29 is 4.74 Å². The zero-order valence-corrected chi connectivity index (χ0v) is 9.23. The van der Waals surface area contributed by atoms with E-state index >= 15 is 0 Å². The molecule has 1 aromatic carbocycles. The third-order valence-electron chi connectivity index (χ3n) is 1.86. The number of para-hydroxylation sites is 1. The molecule has 0 unspecified atom stereocenters. The van der Waals surface area contributed by atoms with E-state index in [0.29, 0.717) is 6.01 Å². The van der Waals surface area contributed by atoms with E-state index in [1.807, 2.05) is 41.1 Å². The van der Waals surface area contributed by atoms with Crippen LogP contribution in [-0.2, 0) is 0 Å². The highest BCUT2D eigenvalue weighted by atomic mass is 79.9. The fourth-order valence-electron chi connectivity index (χ4n) is 1.25. The molecule has 1 heterocycles. The van der Waals surface area contributed by atoms with Crippen molar-refractivity contribution in [1.82, 2.24) is 9.55 Å². The number of methoxy groups -OCH3 is 1. The third-order valence-corrected chi connectivity index (χ3v) is 2.24. The summed E-state index contributed by atoms with van der Waals surface area (Å²) in [7, 11) is 1.61. The maximum absolute atomic E-state index is 5.14. The zero-order chi connectivity index (χ0) is 9.97. The predicted octanol–water partition coefficient (Wildman–Crippen LogP) is 2.64. The number of hydrogen-bond acceptors (Lipinski definition) is 2. The molecular weight excluding hydrogens is 244 g/mol. The van der Waals surface area contributed by atoms with E-state index in [-0.39, 0.29) is 0 Å². The Hall–Kier alpha value is -1.29. The van der Waals surface area contributed by atoms with Gasteiger partial charge >= 0.3 is 6.01 Å². The first-order valence-electron chi connectivity index (χ1n) is 4.15. The van der Waals surface area contributed by atoms with Gasteiger partial charge in [0, 0.05) is 6.20 Å². The molecule has 4 heteroatoms. The molecule has 0 bridgehead atoms. The van der Waals surface area contributed by atoms with Gasteiger partial charge in [-0.15, -0.1) is 0 Å². The smallest absolute Gasteiger partial charge is 0.301 e. The Balaban J connectivity index is 2.51. The number of nitrogens with zero attached hydrogens (tertiary/aromatic N) is 2. The summed E-state index contributed by atoms with van der Waals surface area (Å²) in [4.78, 5) is 4.16. The lowest BCUT2D eigenvalue weighted by molar-refractivity contribution is 0.373. The minimum atomic E-state index is 0.572. The molecule has 0 fully saturated rings. The summed E-state index contributed by atoms with van der Waals surface area (Å²) in [6.45, 7) is 0. The Morgan fingerprint density at radius 3 is 2.64 bits per heavy atom. The molecule has 2 rings (SSSR count). The number of rotatable bonds is 2. The molecule has 0 amide bonds. The molecular formula is C10H9BrN2O. The lowest BCUT2D eigenvalue weighted by atomic mass is 10.3. The first-order chi connectivity index (χ1) is 6.81. The van der Waals surface area contributed by atoms with Gasteiger partial charge in [0.1, 0.15) is 4.60 Å². The van der Waals surface area contributed by atoms with E-state index in [2.05, 4.69) is 20.9 Å². The van der Waals surface area contributed by atoms with Gasteiger partial charge in [-0.2, -0.15) is 4.98 Å². The van der Waals surface area contributed by atoms with Crippen molar-refractivity contribution in [2.45, 2.75) is 0 Å². The lowest BCUT2D eigenvalue weighted by Gasteiger charge is -2.04. The van der Waals surface area contributed by atoms with Gasteiger partial charge in [0.05, 0.1) is 12.8 Å². The van der Waals surface area contributed by atoms with Crippen LogP contribution in [0, 0.1) is 0 Å². The minimum absolute atomic E-state index is 0.572. The van der Waals surface area contributed by atoms with Gasteiger partial charge in [-0.05, 0) is 28.1 Å². The normalized spacial score (nSPS) is 10.1. The summed E-state index contributed by atoms with van der Waals surface area (Å²) in [5.74, 6) is 0. The van der Waals surface area contributed by atoms with Crippen LogP contribution in [0.4, 0.5) is 0 Å². The first kappa shape index (κ1) is 9.27. The number of hydrogen-bond donors (Lipinski definition) is 0. The Morgan fingerprint density at radius 2 is 2.00 bits per heavy atom. The Kier molecular flexibility index (Phi) is 2.54. The van der Waals surface area contributed by atoms with Crippen molar-refractivity contribution in [3.63, 3.8) is 0 Å². The van der Waals surface area contributed by atoms with Gasteiger partial charge in [-0.3, -0.25) is 4.57 Å². The largest absolute Gasteiger partial charge is 0.468 e. The highest BCUT2D eigenvalue weighted by Gasteiger charge is 2.06. The van der Waals surface area contributed by atoms with Crippen molar-refractivity contribution in [3.8, 4) is 11.7 Å². The minimum Gasteiger partial charge on any atom is -0.468 e. The van der Waals surface area contributed by atoms with E-state index in [9.17, 15) is 0 Å². The van der Waals surface area contributed by atoms with E-state index in [0.717, 1.165) is 10.3 Å². The van der Waals surface area contributed by atoms with Crippen LogP contribution in [0.25, 0.3) is 5.69 Å². The van der Waals surface area contributed by atoms with E-state index in [4.69, 9.17) is 4.74 Å². The topological polar surface area (TPSA) is 27.1 Å². The molecule has 0 spiro atoms. The molecule has 0 aliphatic carbocycles. The van der Waals surface area contributed by atoms with Crippen LogP contribution in [0.2, 0.25) is 0 Å². The number of halogens is 1. The van der Waals surface area contributed by atoms with Crippen LogP contribution in [0.5, 0.6) is 6.01 Å². The maximum atomic E-state index is 5.14. The second-order valence-electron chi connectivity index (χ2n) is 2.76. The molecule has 0 saturated heterocycles. The summed E-state index contributed by atoms with van der Waals surface area (Å²) in [5, 5.41) is 0. The average Bonchev–Trinajstić information content (AvgIpc) is 2.61. The molecule has 0 saturated carbocycles. The second-order valence-corrected chi connectivity index (χ2v) is 3.57. The molecule has 1 aromatic heterocycles. The maximum Gasteiger partial charge on any atom is 0.301 e. The third kappa shape index (κ3) is 1.65. The summed E-state index contributed by atoms with van der Waals surface area (Å²) in [6, 6.07) is 10.5. The van der Waals surface area contributed by atoms with Crippen molar-refractivity contribution in [2.24, 2.45) is 0 Å². The second kappa shape index (κ2) is 3.84. The molecule has 72 valence electrons. The van der Waals surface area contributed by atoms with Crippen LogP contribution >= 0.6 is 15.9 Å². The predicted molar refractivity (Wildman–Crippen MR) is 57.8 cm³/mol. The van der Waals surface area contributed by atoms with Crippen LogP contribution in [0.3, 0.4) is 0 Å².